The van der Waals surface area contributed by atoms with Crippen LogP contribution in [0.3, 0.4) is 0 Å². The molecule has 0 amide bonds. The second-order valence-electron chi connectivity index (χ2n) is 7.48. The Bertz CT molecular complexity index is 350. The molecule has 0 aromatic heterocycles. The van der Waals surface area contributed by atoms with E-state index >= 15 is 0 Å². The van der Waals surface area contributed by atoms with Crippen molar-refractivity contribution in [2.45, 2.75) is 59.8 Å². The van der Waals surface area contributed by atoms with Gasteiger partial charge in [0.2, 0.25) is 0 Å². The van der Waals surface area contributed by atoms with E-state index in [0.29, 0.717) is 5.41 Å². The van der Waals surface area contributed by atoms with Gasteiger partial charge in [-0.2, -0.15) is 0 Å². The van der Waals surface area contributed by atoms with Gasteiger partial charge in [0.05, 0.1) is 0 Å². The first-order valence-corrected chi connectivity index (χ1v) is 8.07. The standard InChI is InChI=1S/C18H31N/c1-15-8-9-17(18(2,3)4)16(14-15)10-13-19-11-6-5-7-12-19/h8-9,16H,5-7,10-14H2,1-4H3/t16-/m0/s1. The Kier molecular flexibility index (Phi) is 4.89. The largest absolute Gasteiger partial charge is 0.303 e. The molecule has 0 spiro atoms. The van der Waals surface area contributed by atoms with Crippen molar-refractivity contribution in [3.8, 4) is 0 Å². The SMILES string of the molecule is CC1=CC=C(C(C)(C)C)[C@@H](CCN2CCCCC2)C1. The van der Waals surface area contributed by atoms with Crippen LogP contribution in [0, 0.1) is 11.3 Å². The molecule has 1 aliphatic heterocycles. The lowest BCUT2D eigenvalue weighted by atomic mass is 9.73. The molecular weight excluding hydrogens is 230 g/mol. The van der Waals surface area contributed by atoms with Crippen molar-refractivity contribution < 1.29 is 0 Å². The van der Waals surface area contributed by atoms with Crippen LogP contribution >= 0.6 is 0 Å². The van der Waals surface area contributed by atoms with Crippen molar-refractivity contribution >= 4 is 0 Å². The van der Waals surface area contributed by atoms with E-state index in [1.165, 1.54) is 51.7 Å². The number of nitrogens with zero attached hydrogens (tertiary/aromatic N) is 1. The smallest absolute Gasteiger partial charge is 0.00129 e. The molecule has 0 bridgehead atoms. The van der Waals surface area contributed by atoms with Gasteiger partial charge < -0.3 is 4.90 Å². The summed E-state index contributed by atoms with van der Waals surface area (Å²) < 4.78 is 0. The molecule has 1 aliphatic carbocycles. The average Bonchev–Trinajstić information content (AvgIpc) is 2.36. The highest BCUT2D eigenvalue weighted by atomic mass is 15.1. The molecule has 2 aliphatic rings. The van der Waals surface area contributed by atoms with Gasteiger partial charge in [-0.05, 0) is 63.6 Å². The molecule has 0 unspecified atom stereocenters. The zero-order valence-electron chi connectivity index (χ0n) is 13.3. The monoisotopic (exact) mass is 261 g/mol. The van der Waals surface area contributed by atoms with Gasteiger partial charge in [0.15, 0.2) is 0 Å². The predicted molar refractivity (Wildman–Crippen MR) is 84.3 cm³/mol. The fraction of sp³-hybridized carbons (Fsp3) is 0.778. The van der Waals surface area contributed by atoms with E-state index in [1.54, 1.807) is 11.1 Å². The first-order chi connectivity index (χ1) is 8.97. The highest BCUT2D eigenvalue weighted by Crippen LogP contribution is 2.39. The van der Waals surface area contributed by atoms with Crippen LogP contribution in [0.25, 0.3) is 0 Å². The van der Waals surface area contributed by atoms with Gasteiger partial charge >= 0.3 is 0 Å². The molecule has 0 N–H and O–H groups in total. The molecule has 1 fully saturated rings. The molecule has 1 nitrogen and oxygen atoms in total. The van der Waals surface area contributed by atoms with E-state index in [9.17, 15) is 0 Å². The van der Waals surface area contributed by atoms with Crippen molar-refractivity contribution in [2.24, 2.45) is 11.3 Å². The fourth-order valence-corrected chi connectivity index (χ4v) is 3.58. The second kappa shape index (κ2) is 6.26. The lowest BCUT2D eigenvalue weighted by Crippen LogP contribution is -2.32. The third-order valence-corrected chi connectivity index (χ3v) is 4.66. The molecule has 0 aromatic rings. The minimum Gasteiger partial charge on any atom is -0.303 e. The average molecular weight is 261 g/mol. The lowest BCUT2D eigenvalue weighted by molar-refractivity contribution is 0.213. The molecule has 1 atom stereocenters. The van der Waals surface area contributed by atoms with Crippen molar-refractivity contribution in [3.63, 3.8) is 0 Å². The predicted octanol–water partition coefficient (Wildman–Crippen LogP) is 4.80. The summed E-state index contributed by atoms with van der Waals surface area (Å²) in [6, 6.07) is 0. The van der Waals surface area contributed by atoms with Crippen LogP contribution in [-0.4, -0.2) is 24.5 Å². The Morgan fingerprint density at radius 3 is 2.42 bits per heavy atom. The molecule has 108 valence electrons. The molecule has 0 aromatic carbocycles. The maximum atomic E-state index is 2.68. The first-order valence-electron chi connectivity index (χ1n) is 8.07. The van der Waals surface area contributed by atoms with E-state index < -0.39 is 0 Å². The van der Waals surface area contributed by atoms with Crippen LogP contribution in [0.4, 0.5) is 0 Å². The molecule has 19 heavy (non-hydrogen) atoms. The Balaban J connectivity index is 1.94. The summed E-state index contributed by atoms with van der Waals surface area (Å²) in [7, 11) is 0. The van der Waals surface area contributed by atoms with Gasteiger partial charge in [-0.3, -0.25) is 0 Å². The third-order valence-electron chi connectivity index (χ3n) is 4.66. The highest BCUT2D eigenvalue weighted by Gasteiger charge is 2.27. The van der Waals surface area contributed by atoms with Gasteiger partial charge in [0, 0.05) is 0 Å². The van der Waals surface area contributed by atoms with E-state index in [2.05, 4.69) is 44.7 Å². The Morgan fingerprint density at radius 1 is 1.11 bits per heavy atom. The van der Waals surface area contributed by atoms with Gasteiger partial charge in [-0.1, -0.05) is 50.5 Å². The van der Waals surface area contributed by atoms with E-state index in [-0.39, 0.29) is 0 Å². The summed E-state index contributed by atoms with van der Waals surface area (Å²) in [5.41, 5.74) is 3.54. The van der Waals surface area contributed by atoms with Crippen LogP contribution in [0.5, 0.6) is 0 Å². The normalized spacial score (nSPS) is 26.0. The number of allylic oxidation sites excluding steroid dienone is 4. The van der Waals surface area contributed by atoms with Gasteiger partial charge in [0.25, 0.3) is 0 Å². The number of rotatable bonds is 3. The Hall–Kier alpha value is -0.560. The Morgan fingerprint density at radius 2 is 1.79 bits per heavy atom. The van der Waals surface area contributed by atoms with E-state index in [1.807, 2.05) is 0 Å². The van der Waals surface area contributed by atoms with Crippen molar-refractivity contribution in [2.75, 3.05) is 19.6 Å². The van der Waals surface area contributed by atoms with Gasteiger partial charge in [-0.15, -0.1) is 0 Å². The van der Waals surface area contributed by atoms with Crippen LogP contribution < -0.4 is 0 Å². The van der Waals surface area contributed by atoms with Crippen molar-refractivity contribution in [1.82, 2.24) is 4.90 Å². The van der Waals surface area contributed by atoms with Crippen molar-refractivity contribution in [3.05, 3.63) is 23.3 Å². The van der Waals surface area contributed by atoms with E-state index in [4.69, 9.17) is 0 Å². The third kappa shape index (κ3) is 4.21. The molecule has 1 heteroatoms. The molecule has 1 heterocycles. The maximum absolute atomic E-state index is 2.68. The van der Waals surface area contributed by atoms with Crippen LogP contribution in [0.2, 0.25) is 0 Å². The highest BCUT2D eigenvalue weighted by molar-refractivity contribution is 5.29. The zero-order valence-corrected chi connectivity index (χ0v) is 13.3. The summed E-state index contributed by atoms with van der Waals surface area (Å²) in [6.07, 6.45) is 11.6. The summed E-state index contributed by atoms with van der Waals surface area (Å²) in [4.78, 5) is 2.68. The lowest BCUT2D eigenvalue weighted by Gasteiger charge is -2.35. The van der Waals surface area contributed by atoms with Crippen molar-refractivity contribution in [1.29, 1.82) is 0 Å². The molecule has 2 rings (SSSR count). The number of hydrogen-bond acceptors (Lipinski definition) is 1. The second-order valence-corrected chi connectivity index (χ2v) is 7.48. The van der Waals surface area contributed by atoms with Crippen LogP contribution in [-0.2, 0) is 0 Å². The minimum absolute atomic E-state index is 0.323. The maximum Gasteiger partial charge on any atom is -0.00129 e. The fourth-order valence-electron chi connectivity index (χ4n) is 3.58. The molecule has 1 saturated heterocycles. The van der Waals surface area contributed by atoms with Gasteiger partial charge in [-0.25, -0.2) is 0 Å². The minimum atomic E-state index is 0.323. The molecule has 0 saturated carbocycles. The van der Waals surface area contributed by atoms with Gasteiger partial charge in [0.1, 0.15) is 0 Å². The summed E-state index contributed by atoms with van der Waals surface area (Å²) >= 11 is 0. The summed E-state index contributed by atoms with van der Waals surface area (Å²) in [6.45, 7) is 13.3. The number of likely N-dealkylation sites (tertiary alicyclic amines) is 1. The molecular formula is C18H31N. The zero-order chi connectivity index (χ0) is 13.9. The van der Waals surface area contributed by atoms with Crippen LogP contribution in [0.15, 0.2) is 23.3 Å². The van der Waals surface area contributed by atoms with Crippen LogP contribution in [0.1, 0.15) is 59.8 Å². The Labute approximate surface area is 119 Å². The number of hydrogen-bond donors (Lipinski definition) is 0. The first kappa shape index (κ1) is 14.8. The number of piperidine rings is 1. The van der Waals surface area contributed by atoms with E-state index in [0.717, 1.165) is 5.92 Å². The topological polar surface area (TPSA) is 3.24 Å². The summed E-state index contributed by atoms with van der Waals surface area (Å²) in [5.74, 6) is 0.770. The molecule has 0 radical (unpaired) electrons. The quantitative estimate of drug-likeness (QED) is 0.705. The summed E-state index contributed by atoms with van der Waals surface area (Å²) in [5, 5.41) is 0.